The first-order valence-corrected chi connectivity index (χ1v) is 5.57. The fourth-order valence-electron chi connectivity index (χ4n) is 2.70. The Morgan fingerprint density at radius 1 is 1.56 bits per heavy atom. The first-order valence-electron chi connectivity index (χ1n) is 5.57. The third-order valence-electron chi connectivity index (χ3n) is 4.06. The molecule has 1 amide bonds. The van der Waals surface area contributed by atoms with Crippen LogP contribution in [0.15, 0.2) is 0 Å². The molecule has 5 heteroatoms. The fraction of sp³-hybridized carbons (Fsp3) is 0.818. The van der Waals surface area contributed by atoms with E-state index in [9.17, 15) is 19.8 Å². The summed E-state index contributed by atoms with van der Waals surface area (Å²) in [6.45, 7) is 4.92. The normalized spacial score (nSPS) is 29.9. The van der Waals surface area contributed by atoms with Crippen molar-refractivity contribution in [1.82, 2.24) is 5.32 Å². The van der Waals surface area contributed by atoms with Gasteiger partial charge in [-0.15, -0.1) is 0 Å². The van der Waals surface area contributed by atoms with Gasteiger partial charge in [-0.05, 0) is 12.8 Å². The molecule has 2 unspecified atom stereocenters. The summed E-state index contributed by atoms with van der Waals surface area (Å²) in [6, 6.07) is 0. The molecule has 0 saturated carbocycles. The van der Waals surface area contributed by atoms with Crippen molar-refractivity contribution in [2.75, 3.05) is 6.54 Å². The molecule has 5 nitrogen and oxygen atoms in total. The van der Waals surface area contributed by atoms with Crippen LogP contribution in [0.3, 0.4) is 0 Å². The van der Waals surface area contributed by atoms with Crippen LogP contribution in [-0.2, 0) is 9.59 Å². The quantitative estimate of drug-likeness (QED) is 0.648. The first kappa shape index (κ1) is 13.0. The van der Waals surface area contributed by atoms with Gasteiger partial charge in [-0.3, -0.25) is 4.79 Å². The van der Waals surface area contributed by atoms with Crippen molar-refractivity contribution < 1.29 is 19.8 Å². The van der Waals surface area contributed by atoms with E-state index in [4.69, 9.17) is 0 Å². The highest BCUT2D eigenvalue weighted by atomic mass is 16.4. The van der Waals surface area contributed by atoms with Crippen molar-refractivity contribution in [2.24, 2.45) is 11.3 Å². The molecule has 1 saturated heterocycles. The smallest absolute Gasteiger partial charge is 0.229 e. The van der Waals surface area contributed by atoms with E-state index in [2.05, 4.69) is 5.32 Å². The van der Waals surface area contributed by atoms with Crippen molar-refractivity contribution in [3.8, 4) is 0 Å². The molecule has 92 valence electrons. The maximum atomic E-state index is 11.8. The van der Waals surface area contributed by atoms with Crippen LogP contribution >= 0.6 is 0 Å². The number of carboxylic acid groups (broad SMARTS) is 1. The number of carbonyl (C=O) groups is 2. The topological polar surface area (TPSA) is 89.5 Å². The molecule has 1 rings (SSSR count). The third kappa shape index (κ3) is 1.42. The number of aliphatic hydroxyl groups is 1. The molecule has 2 N–H and O–H groups in total. The minimum atomic E-state index is -1.56. The zero-order valence-electron chi connectivity index (χ0n) is 9.87. The molecular formula is C11H18NO4-. The van der Waals surface area contributed by atoms with Gasteiger partial charge in [0.25, 0.3) is 0 Å². The second kappa shape index (κ2) is 4.05. The summed E-state index contributed by atoms with van der Waals surface area (Å²) in [7, 11) is 0. The minimum absolute atomic E-state index is 0.0251. The van der Waals surface area contributed by atoms with Crippen LogP contribution in [-0.4, -0.2) is 29.1 Å². The number of carbonyl (C=O) groups excluding carboxylic acids is 2. The van der Waals surface area contributed by atoms with Gasteiger partial charge in [0, 0.05) is 18.4 Å². The largest absolute Gasteiger partial charge is 0.550 e. The Labute approximate surface area is 94.8 Å². The first-order chi connectivity index (χ1) is 7.35. The number of carboxylic acids is 1. The van der Waals surface area contributed by atoms with E-state index < -0.39 is 22.9 Å². The second-order valence-corrected chi connectivity index (χ2v) is 4.44. The third-order valence-corrected chi connectivity index (χ3v) is 4.06. The van der Waals surface area contributed by atoms with Gasteiger partial charge in [0.05, 0.1) is 5.41 Å². The summed E-state index contributed by atoms with van der Waals surface area (Å²) in [4.78, 5) is 22.7. The molecule has 0 aliphatic carbocycles. The lowest BCUT2D eigenvalue weighted by molar-refractivity contribution is -0.318. The van der Waals surface area contributed by atoms with Gasteiger partial charge in [-0.25, -0.2) is 0 Å². The zero-order chi connectivity index (χ0) is 12.6. The predicted octanol–water partition coefficient (Wildman–Crippen LogP) is -0.960. The van der Waals surface area contributed by atoms with Crippen molar-refractivity contribution in [2.45, 2.75) is 39.2 Å². The summed E-state index contributed by atoms with van der Waals surface area (Å²) >= 11 is 0. The number of β-amino-alcohol motifs (C(OH)–C–C–N with tert-alkyl or cyclic N) is 1. The summed E-state index contributed by atoms with van der Waals surface area (Å²) in [5.41, 5.74) is -2.58. The molecule has 0 aromatic carbocycles. The van der Waals surface area contributed by atoms with Crippen molar-refractivity contribution in [3.05, 3.63) is 0 Å². The van der Waals surface area contributed by atoms with E-state index in [1.54, 1.807) is 13.8 Å². The van der Waals surface area contributed by atoms with E-state index in [0.29, 0.717) is 12.8 Å². The highest BCUT2D eigenvalue weighted by molar-refractivity contribution is 5.88. The Morgan fingerprint density at radius 2 is 2.06 bits per heavy atom. The molecule has 16 heavy (non-hydrogen) atoms. The monoisotopic (exact) mass is 228 g/mol. The summed E-state index contributed by atoms with van der Waals surface area (Å²) in [6.07, 6.45) is 0.812. The number of hydrogen-bond acceptors (Lipinski definition) is 4. The van der Waals surface area contributed by atoms with Crippen molar-refractivity contribution >= 4 is 11.9 Å². The zero-order valence-corrected chi connectivity index (χ0v) is 9.87. The van der Waals surface area contributed by atoms with E-state index in [0.717, 1.165) is 0 Å². The molecule has 1 aliphatic rings. The molecular weight excluding hydrogens is 210 g/mol. The number of nitrogens with one attached hydrogen (secondary N) is 1. The Balaban J connectivity index is 3.21. The predicted molar refractivity (Wildman–Crippen MR) is 55.1 cm³/mol. The van der Waals surface area contributed by atoms with Crippen LogP contribution in [0.5, 0.6) is 0 Å². The van der Waals surface area contributed by atoms with Crippen molar-refractivity contribution in [3.63, 3.8) is 0 Å². The van der Waals surface area contributed by atoms with Gasteiger partial charge >= 0.3 is 0 Å². The molecule has 0 bridgehead atoms. The summed E-state index contributed by atoms with van der Waals surface area (Å²) < 4.78 is 0. The van der Waals surface area contributed by atoms with Gasteiger partial charge in [0.1, 0.15) is 5.60 Å². The van der Waals surface area contributed by atoms with E-state index in [1.807, 2.05) is 0 Å². The lowest BCUT2D eigenvalue weighted by atomic mass is 9.65. The highest BCUT2D eigenvalue weighted by Crippen LogP contribution is 2.46. The van der Waals surface area contributed by atoms with Crippen LogP contribution in [0.25, 0.3) is 0 Å². The molecule has 0 radical (unpaired) electrons. The van der Waals surface area contributed by atoms with Crippen LogP contribution in [0.1, 0.15) is 33.6 Å². The Bertz CT molecular complexity index is 311. The van der Waals surface area contributed by atoms with Crippen LogP contribution in [0.2, 0.25) is 0 Å². The molecule has 0 spiro atoms. The van der Waals surface area contributed by atoms with Gasteiger partial charge in [0.15, 0.2) is 0 Å². The van der Waals surface area contributed by atoms with E-state index in [-0.39, 0.29) is 12.5 Å². The molecule has 2 atom stereocenters. The van der Waals surface area contributed by atoms with Gasteiger partial charge in [-0.1, -0.05) is 20.8 Å². The highest BCUT2D eigenvalue weighted by Gasteiger charge is 2.60. The average molecular weight is 228 g/mol. The number of hydrogen-bond donors (Lipinski definition) is 2. The lowest BCUT2D eigenvalue weighted by Crippen LogP contribution is -2.57. The van der Waals surface area contributed by atoms with Gasteiger partial charge in [0.2, 0.25) is 5.91 Å². The Hall–Kier alpha value is -1.10. The van der Waals surface area contributed by atoms with Crippen molar-refractivity contribution in [1.29, 1.82) is 0 Å². The van der Waals surface area contributed by atoms with E-state index in [1.165, 1.54) is 6.92 Å². The minimum Gasteiger partial charge on any atom is -0.550 e. The van der Waals surface area contributed by atoms with Crippen LogP contribution < -0.4 is 10.4 Å². The lowest BCUT2D eigenvalue weighted by Gasteiger charge is -2.42. The maximum absolute atomic E-state index is 11.8. The van der Waals surface area contributed by atoms with Gasteiger partial charge in [-0.2, -0.15) is 0 Å². The Kier molecular flexibility index (Phi) is 3.28. The van der Waals surface area contributed by atoms with E-state index >= 15 is 0 Å². The van der Waals surface area contributed by atoms with Crippen LogP contribution in [0.4, 0.5) is 0 Å². The summed E-state index contributed by atoms with van der Waals surface area (Å²) in [5.74, 6) is -2.68. The number of aliphatic carboxylic acids is 1. The Morgan fingerprint density at radius 3 is 2.44 bits per heavy atom. The molecule has 1 fully saturated rings. The average Bonchev–Trinajstić information content (AvgIpc) is 2.51. The molecule has 1 heterocycles. The fourth-order valence-corrected chi connectivity index (χ4v) is 2.70. The van der Waals surface area contributed by atoms with Crippen LogP contribution in [0, 0.1) is 11.3 Å². The summed E-state index contributed by atoms with van der Waals surface area (Å²) in [5, 5.41) is 24.0. The molecule has 0 aromatic heterocycles. The maximum Gasteiger partial charge on any atom is 0.229 e. The molecule has 1 aliphatic heterocycles. The standard InChI is InChI=1S/C11H19NO4/c1-4-10(5-2)9(15)12-6-11(10,16)7(3)8(13)14/h7,16H,4-6H2,1-3H3,(H,12,15)(H,13,14)/p-1. The number of amides is 1. The molecule has 0 aromatic rings. The SMILES string of the molecule is CCC1(CC)C(=O)NCC1(O)C(C)C(=O)[O-]. The second-order valence-electron chi connectivity index (χ2n) is 4.44. The number of rotatable bonds is 4. The van der Waals surface area contributed by atoms with Gasteiger partial charge < -0.3 is 20.3 Å².